The molecule has 2 aromatic heterocycles. The van der Waals surface area contributed by atoms with E-state index >= 15 is 0 Å². The summed E-state index contributed by atoms with van der Waals surface area (Å²) in [7, 11) is 0. The minimum atomic E-state index is 0.944. The Kier molecular flexibility index (Phi) is 3.91. The largest absolute Gasteiger partial charge is 0.342 e. The summed E-state index contributed by atoms with van der Waals surface area (Å²) in [5, 5.41) is 5.59. The standard InChI is InChI=1S/C15H17N3S/c1-2-6-14-13(5-1)17-15(18-14)8-10-16-9-7-12-4-3-11-19-12/h1-6,11,16H,7-10H2,(H,17,18). The Labute approximate surface area is 116 Å². The Morgan fingerprint density at radius 2 is 1.95 bits per heavy atom. The molecule has 3 aromatic rings. The molecule has 0 aliphatic rings. The molecule has 2 heterocycles. The predicted octanol–water partition coefficient (Wildman–Crippen LogP) is 3.00. The van der Waals surface area contributed by atoms with Crippen LogP contribution in [-0.2, 0) is 12.8 Å². The van der Waals surface area contributed by atoms with Crippen molar-refractivity contribution in [2.45, 2.75) is 12.8 Å². The summed E-state index contributed by atoms with van der Waals surface area (Å²) < 4.78 is 0. The van der Waals surface area contributed by atoms with Gasteiger partial charge in [-0.05, 0) is 36.5 Å². The van der Waals surface area contributed by atoms with Crippen molar-refractivity contribution in [1.29, 1.82) is 0 Å². The maximum Gasteiger partial charge on any atom is 0.108 e. The van der Waals surface area contributed by atoms with Crippen LogP contribution < -0.4 is 5.32 Å². The molecular weight excluding hydrogens is 254 g/mol. The number of thiophene rings is 1. The van der Waals surface area contributed by atoms with E-state index in [0.717, 1.165) is 42.8 Å². The molecule has 3 nitrogen and oxygen atoms in total. The Hall–Kier alpha value is -1.65. The zero-order valence-corrected chi connectivity index (χ0v) is 11.5. The van der Waals surface area contributed by atoms with Gasteiger partial charge in [0.15, 0.2) is 0 Å². The zero-order chi connectivity index (χ0) is 12.9. The van der Waals surface area contributed by atoms with Gasteiger partial charge < -0.3 is 10.3 Å². The van der Waals surface area contributed by atoms with Gasteiger partial charge in [0, 0.05) is 17.8 Å². The van der Waals surface area contributed by atoms with Gasteiger partial charge in [0.1, 0.15) is 5.82 Å². The number of nitrogens with zero attached hydrogens (tertiary/aromatic N) is 1. The van der Waals surface area contributed by atoms with Gasteiger partial charge in [-0.1, -0.05) is 18.2 Å². The van der Waals surface area contributed by atoms with E-state index in [-0.39, 0.29) is 0 Å². The van der Waals surface area contributed by atoms with Crippen molar-refractivity contribution in [2.24, 2.45) is 0 Å². The maximum absolute atomic E-state index is 4.57. The number of rotatable bonds is 6. The molecule has 0 amide bonds. The first-order valence-electron chi connectivity index (χ1n) is 6.58. The topological polar surface area (TPSA) is 40.7 Å². The zero-order valence-electron chi connectivity index (χ0n) is 10.7. The molecule has 0 radical (unpaired) electrons. The van der Waals surface area contributed by atoms with E-state index in [4.69, 9.17) is 0 Å². The Bertz CT molecular complexity index is 595. The van der Waals surface area contributed by atoms with Crippen LogP contribution in [-0.4, -0.2) is 23.1 Å². The minimum Gasteiger partial charge on any atom is -0.342 e. The number of hydrogen-bond donors (Lipinski definition) is 2. The highest BCUT2D eigenvalue weighted by Crippen LogP contribution is 2.10. The summed E-state index contributed by atoms with van der Waals surface area (Å²) in [6.45, 7) is 1.99. The third-order valence-corrected chi connectivity index (χ3v) is 4.04. The van der Waals surface area contributed by atoms with Gasteiger partial charge >= 0.3 is 0 Å². The molecule has 19 heavy (non-hydrogen) atoms. The van der Waals surface area contributed by atoms with Gasteiger partial charge in [0.2, 0.25) is 0 Å². The summed E-state index contributed by atoms with van der Waals surface area (Å²) in [5.74, 6) is 1.06. The van der Waals surface area contributed by atoms with Crippen molar-refractivity contribution >= 4 is 22.4 Å². The van der Waals surface area contributed by atoms with Crippen LogP contribution in [0.15, 0.2) is 41.8 Å². The summed E-state index contributed by atoms with van der Waals surface area (Å²) in [6.07, 6.45) is 2.05. The first kappa shape index (κ1) is 12.4. The second kappa shape index (κ2) is 5.99. The van der Waals surface area contributed by atoms with Crippen LogP contribution in [0.4, 0.5) is 0 Å². The molecule has 2 N–H and O–H groups in total. The van der Waals surface area contributed by atoms with Crippen molar-refractivity contribution < 1.29 is 0 Å². The van der Waals surface area contributed by atoms with Crippen molar-refractivity contribution in [2.75, 3.05) is 13.1 Å². The van der Waals surface area contributed by atoms with Gasteiger partial charge in [0.25, 0.3) is 0 Å². The van der Waals surface area contributed by atoms with Gasteiger partial charge in [-0.2, -0.15) is 0 Å². The average Bonchev–Trinajstić information content (AvgIpc) is 3.06. The van der Waals surface area contributed by atoms with Crippen LogP contribution in [0.5, 0.6) is 0 Å². The summed E-state index contributed by atoms with van der Waals surface area (Å²) in [4.78, 5) is 9.36. The monoisotopic (exact) mass is 271 g/mol. The van der Waals surface area contributed by atoms with Gasteiger partial charge in [0.05, 0.1) is 11.0 Å². The van der Waals surface area contributed by atoms with Gasteiger partial charge in [-0.3, -0.25) is 0 Å². The molecule has 0 fully saturated rings. The molecule has 0 unspecified atom stereocenters. The highest BCUT2D eigenvalue weighted by Gasteiger charge is 2.01. The lowest BCUT2D eigenvalue weighted by atomic mass is 10.3. The number of para-hydroxylation sites is 2. The van der Waals surface area contributed by atoms with Crippen LogP contribution in [0.2, 0.25) is 0 Å². The van der Waals surface area contributed by atoms with E-state index in [9.17, 15) is 0 Å². The molecule has 1 aromatic carbocycles. The smallest absolute Gasteiger partial charge is 0.108 e. The molecule has 0 bridgehead atoms. The second-order valence-electron chi connectivity index (χ2n) is 4.53. The minimum absolute atomic E-state index is 0.944. The fraction of sp³-hybridized carbons (Fsp3) is 0.267. The Balaban J connectivity index is 1.44. The van der Waals surface area contributed by atoms with E-state index in [1.807, 2.05) is 29.5 Å². The lowest BCUT2D eigenvalue weighted by Gasteiger charge is -2.01. The van der Waals surface area contributed by atoms with Crippen LogP contribution >= 0.6 is 11.3 Å². The van der Waals surface area contributed by atoms with Crippen LogP contribution in [0, 0.1) is 0 Å². The first-order valence-corrected chi connectivity index (χ1v) is 7.46. The highest BCUT2D eigenvalue weighted by atomic mass is 32.1. The number of aromatic nitrogens is 2. The molecule has 3 rings (SSSR count). The van der Waals surface area contributed by atoms with Crippen molar-refractivity contribution in [3.8, 4) is 0 Å². The van der Waals surface area contributed by atoms with Gasteiger partial charge in [-0.25, -0.2) is 4.98 Å². The van der Waals surface area contributed by atoms with E-state index in [2.05, 4.69) is 38.9 Å². The number of nitrogens with one attached hydrogen (secondary N) is 2. The highest BCUT2D eigenvalue weighted by molar-refractivity contribution is 7.09. The summed E-state index contributed by atoms with van der Waals surface area (Å²) in [5.41, 5.74) is 2.17. The first-order chi connectivity index (χ1) is 9.42. The lowest BCUT2D eigenvalue weighted by molar-refractivity contribution is 0.674. The third-order valence-electron chi connectivity index (χ3n) is 3.11. The molecule has 0 spiro atoms. The molecule has 0 saturated carbocycles. The number of fused-ring (bicyclic) bond motifs is 1. The SMILES string of the molecule is c1csc(CCNCCc2nc3ccccc3[nH]2)c1. The van der Waals surface area contributed by atoms with Crippen LogP contribution in [0.25, 0.3) is 11.0 Å². The maximum atomic E-state index is 4.57. The lowest BCUT2D eigenvalue weighted by Crippen LogP contribution is -2.20. The summed E-state index contributed by atoms with van der Waals surface area (Å²) in [6, 6.07) is 12.4. The van der Waals surface area contributed by atoms with E-state index in [1.54, 1.807) is 0 Å². The van der Waals surface area contributed by atoms with E-state index in [0.29, 0.717) is 0 Å². The third kappa shape index (κ3) is 3.22. The van der Waals surface area contributed by atoms with Crippen molar-refractivity contribution in [1.82, 2.24) is 15.3 Å². The molecule has 0 atom stereocenters. The predicted molar refractivity (Wildman–Crippen MR) is 80.7 cm³/mol. The number of aromatic amines is 1. The van der Waals surface area contributed by atoms with Crippen molar-refractivity contribution in [3.63, 3.8) is 0 Å². The number of H-pyrrole nitrogens is 1. The number of imidazole rings is 1. The quantitative estimate of drug-likeness (QED) is 0.677. The molecular formula is C15H17N3S. The Morgan fingerprint density at radius 1 is 1.05 bits per heavy atom. The van der Waals surface area contributed by atoms with E-state index < -0.39 is 0 Å². The van der Waals surface area contributed by atoms with Crippen molar-refractivity contribution in [3.05, 3.63) is 52.5 Å². The fourth-order valence-corrected chi connectivity index (χ4v) is 2.83. The molecule has 98 valence electrons. The van der Waals surface area contributed by atoms with Crippen LogP contribution in [0.3, 0.4) is 0 Å². The molecule has 0 saturated heterocycles. The normalized spacial score (nSPS) is 11.2. The summed E-state index contributed by atoms with van der Waals surface area (Å²) >= 11 is 1.82. The Morgan fingerprint density at radius 3 is 2.79 bits per heavy atom. The molecule has 0 aliphatic carbocycles. The molecule has 4 heteroatoms. The number of hydrogen-bond acceptors (Lipinski definition) is 3. The molecule has 0 aliphatic heterocycles. The fourth-order valence-electron chi connectivity index (χ4n) is 2.12. The number of benzene rings is 1. The average molecular weight is 271 g/mol. The van der Waals surface area contributed by atoms with Gasteiger partial charge in [-0.15, -0.1) is 11.3 Å². The second-order valence-corrected chi connectivity index (χ2v) is 5.56. The van der Waals surface area contributed by atoms with E-state index in [1.165, 1.54) is 4.88 Å². The van der Waals surface area contributed by atoms with Crippen LogP contribution in [0.1, 0.15) is 10.7 Å².